The lowest BCUT2D eigenvalue weighted by molar-refractivity contribution is 0.103. The predicted molar refractivity (Wildman–Crippen MR) is 76.4 cm³/mol. The summed E-state index contributed by atoms with van der Waals surface area (Å²) in [5.74, 6) is -1.98. The van der Waals surface area contributed by atoms with Gasteiger partial charge in [-0.15, -0.1) is 0 Å². The maximum absolute atomic E-state index is 13.1. The highest BCUT2D eigenvalue weighted by Gasteiger charge is 2.16. The lowest BCUT2D eigenvalue weighted by Crippen LogP contribution is -2.04. The zero-order valence-corrected chi connectivity index (χ0v) is 13.0. The highest BCUT2D eigenvalue weighted by Crippen LogP contribution is 2.27. The predicted octanol–water partition coefficient (Wildman–Crippen LogP) is 5.03. The molecule has 98 valence electrons. The number of halogens is 4. The summed E-state index contributed by atoms with van der Waals surface area (Å²) in [6.45, 7) is 1.88. The normalized spacial score (nSPS) is 10.6. The molecule has 0 N–H and O–H groups in total. The van der Waals surface area contributed by atoms with E-state index in [1.807, 2.05) is 6.92 Å². The number of benzene rings is 2. The number of carbonyl (C=O) groups is 1. The number of hydrogen-bond acceptors (Lipinski definition) is 1. The fourth-order valence-corrected chi connectivity index (χ4v) is 2.64. The number of ketones is 1. The molecule has 2 aromatic carbocycles. The molecule has 0 unspecified atom stereocenters. The third-order valence-corrected chi connectivity index (χ3v) is 4.13. The molecule has 0 aromatic heterocycles. The third-order valence-electron chi connectivity index (χ3n) is 2.62. The Balaban J connectivity index is 2.53. The van der Waals surface area contributed by atoms with Crippen LogP contribution in [0, 0.1) is 18.6 Å². The lowest BCUT2D eigenvalue weighted by Gasteiger charge is -2.07. The summed E-state index contributed by atoms with van der Waals surface area (Å²) in [7, 11) is 0. The molecule has 0 aliphatic carbocycles. The van der Waals surface area contributed by atoms with E-state index < -0.39 is 17.4 Å². The molecule has 0 radical (unpaired) electrons. The third kappa shape index (κ3) is 3.09. The molecule has 2 rings (SSSR count). The monoisotopic (exact) mass is 388 g/mol. The van der Waals surface area contributed by atoms with Crippen molar-refractivity contribution in [2.75, 3.05) is 0 Å². The Morgan fingerprint density at radius 1 is 0.947 bits per heavy atom. The van der Waals surface area contributed by atoms with Crippen LogP contribution in [0.25, 0.3) is 0 Å². The van der Waals surface area contributed by atoms with Crippen molar-refractivity contribution < 1.29 is 13.6 Å². The minimum Gasteiger partial charge on any atom is -0.289 e. The van der Waals surface area contributed by atoms with Crippen LogP contribution in [0.3, 0.4) is 0 Å². The molecule has 1 nitrogen and oxygen atoms in total. The van der Waals surface area contributed by atoms with E-state index in [1.54, 1.807) is 12.1 Å². The number of carbonyl (C=O) groups excluding carboxylic acids is 1. The van der Waals surface area contributed by atoms with Crippen LogP contribution in [0.2, 0.25) is 0 Å². The number of aryl methyl sites for hydroxylation is 1. The molecule has 5 heteroatoms. The van der Waals surface area contributed by atoms with E-state index in [2.05, 4.69) is 31.9 Å². The number of hydrogen-bond donors (Lipinski definition) is 0. The molecule has 0 aliphatic heterocycles. The minimum absolute atomic E-state index is 0.0195. The molecule has 0 atom stereocenters. The van der Waals surface area contributed by atoms with Crippen LogP contribution in [-0.2, 0) is 0 Å². The van der Waals surface area contributed by atoms with Crippen molar-refractivity contribution in [1.82, 2.24) is 0 Å². The Kier molecular flexibility index (Phi) is 4.16. The first-order chi connectivity index (χ1) is 8.88. The zero-order chi connectivity index (χ0) is 14.2. The van der Waals surface area contributed by atoms with Crippen LogP contribution in [-0.4, -0.2) is 5.78 Å². The van der Waals surface area contributed by atoms with Gasteiger partial charge in [0.15, 0.2) is 5.78 Å². The quantitative estimate of drug-likeness (QED) is 0.658. The van der Waals surface area contributed by atoms with Crippen molar-refractivity contribution >= 4 is 37.6 Å². The van der Waals surface area contributed by atoms with Gasteiger partial charge < -0.3 is 0 Å². The zero-order valence-electron chi connectivity index (χ0n) is 9.81. The minimum atomic E-state index is -0.773. The van der Waals surface area contributed by atoms with E-state index in [9.17, 15) is 13.6 Å². The van der Waals surface area contributed by atoms with Crippen molar-refractivity contribution in [3.05, 3.63) is 67.6 Å². The van der Waals surface area contributed by atoms with Crippen LogP contribution >= 0.6 is 31.9 Å². The molecular weight excluding hydrogens is 382 g/mol. The second-order valence-corrected chi connectivity index (χ2v) is 5.78. The van der Waals surface area contributed by atoms with Gasteiger partial charge in [0, 0.05) is 26.1 Å². The largest absolute Gasteiger partial charge is 0.289 e. The average molecular weight is 390 g/mol. The van der Waals surface area contributed by atoms with Gasteiger partial charge in [0.1, 0.15) is 11.6 Å². The van der Waals surface area contributed by atoms with E-state index in [-0.39, 0.29) is 5.56 Å². The molecular formula is C14H8Br2F2O. The van der Waals surface area contributed by atoms with Crippen molar-refractivity contribution in [3.8, 4) is 0 Å². The van der Waals surface area contributed by atoms with Crippen LogP contribution in [0.5, 0.6) is 0 Å². The van der Waals surface area contributed by atoms with Gasteiger partial charge in [-0.1, -0.05) is 31.9 Å². The molecule has 2 aromatic rings. The molecule has 0 saturated heterocycles. The maximum Gasteiger partial charge on any atom is 0.194 e. The highest BCUT2D eigenvalue weighted by molar-refractivity contribution is 9.11. The van der Waals surface area contributed by atoms with Crippen LogP contribution in [0.4, 0.5) is 8.78 Å². The summed E-state index contributed by atoms with van der Waals surface area (Å²) in [5, 5.41) is 0. The molecule has 0 heterocycles. The summed E-state index contributed by atoms with van der Waals surface area (Å²) in [5.41, 5.74) is 1.28. The summed E-state index contributed by atoms with van der Waals surface area (Å²) in [4.78, 5) is 12.3. The van der Waals surface area contributed by atoms with Gasteiger partial charge in [-0.2, -0.15) is 0 Å². The molecule has 0 fully saturated rings. The Morgan fingerprint density at radius 2 is 1.53 bits per heavy atom. The van der Waals surface area contributed by atoms with E-state index in [0.717, 1.165) is 28.2 Å². The van der Waals surface area contributed by atoms with Gasteiger partial charge in [-0.05, 0) is 36.8 Å². The SMILES string of the molecule is Cc1cc(Br)c(C(=O)c2cc(F)cc(F)c2)cc1Br. The summed E-state index contributed by atoms with van der Waals surface area (Å²) >= 11 is 6.62. The van der Waals surface area contributed by atoms with Gasteiger partial charge in [-0.25, -0.2) is 8.78 Å². The van der Waals surface area contributed by atoms with Crippen molar-refractivity contribution in [3.63, 3.8) is 0 Å². The van der Waals surface area contributed by atoms with Gasteiger partial charge in [0.05, 0.1) is 0 Å². The average Bonchev–Trinajstić information content (AvgIpc) is 2.31. The molecule has 0 spiro atoms. The fourth-order valence-electron chi connectivity index (χ4n) is 1.66. The van der Waals surface area contributed by atoms with Gasteiger partial charge >= 0.3 is 0 Å². The first-order valence-corrected chi connectivity index (χ1v) is 6.93. The van der Waals surface area contributed by atoms with Crippen molar-refractivity contribution in [1.29, 1.82) is 0 Å². The molecule has 0 aliphatic rings. The first kappa shape index (κ1) is 14.3. The van der Waals surface area contributed by atoms with Crippen LogP contribution < -0.4 is 0 Å². The Morgan fingerprint density at radius 3 is 2.11 bits per heavy atom. The van der Waals surface area contributed by atoms with E-state index >= 15 is 0 Å². The van der Waals surface area contributed by atoms with Crippen molar-refractivity contribution in [2.24, 2.45) is 0 Å². The Bertz CT molecular complexity index is 648. The summed E-state index contributed by atoms with van der Waals surface area (Å²) < 4.78 is 27.6. The molecule has 19 heavy (non-hydrogen) atoms. The second-order valence-electron chi connectivity index (χ2n) is 4.07. The fraction of sp³-hybridized carbons (Fsp3) is 0.0714. The topological polar surface area (TPSA) is 17.1 Å². The summed E-state index contributed by atoms with van der Waals surface area (Å²) in [6, 6.07) is 6.17. The first-order valence-electron chi connectivity index (χ1n) is 5.35. The maximum atomic E-state index is 13.1. The van der Waals surface area contributed by atoms with Gasteiger partial charge in [0.2, 0.25) is 0 Å². The molecule has 0 amide bonds. The highest BCUT2D eigenvalue weighted by atomic mass is 79.9. The standard InChI is InChI=1S/C14H8Br2F2O/c1-7-2-13(16)11(6-12(7)15)14(19)8-3-9(17)5-10(18)4-8/h2-6H,1H3. The second kappa shape index (κ2) is 5.51. The van der Waals surface area contributed by atoms with Gasteiger partial charge in [-0.3, -0.25) is 4.79 Å². The van der Waals surface area contributed by atoms with E-state index in [4.69, 9.17) is 0 Å². The molecule has 0 saturated carbocycles. The number of rotatable bonds is 2. The smallest absolute Gasteiger partial charge is 0.194 e. The summed E-state index contributed by atoms with van der Waals surface area (Å²) in [6.07, 6.45) is 0. The van der Waals surface area contributed by atoms with Crippen LogP contribution in [0.15, 0.2) is 39.3 Å². The molecule has 0 bridgehead atoms. The lowest BCUT2D eigenvalue weighted by atomic mass is 10.0. The van der Waals surface area contributed by atoms with Crippen molar-refractivity contribution in [2.45, 2.75) is 6.92 Å². The van der Waals surface area contributed by atoms with Gasteiger partial charge in [0.25, 0.3) is 0 Å². The van der Waals surface area contributed by atoms with E-state index in [0.29, 0.717) is 10.0 Å². The Labute approximate surface area is 125 Å². The Hall–Kier alpha value is -1.07. The van der Waals surface area contributed by atoms with E-state index in [1.165, 1.54) is 0 Å². The van der Waals surface area contributed by atoms with Crippen LogP contribution in [0.1, 0.15) is 21.5 Å².